The topological polar surface area (TPSA) is 26.3 Å². The highest BCUT2D eigenvalue weighted by Crippen LogP contribution is 2.46. The molecule has 0 aliphatic heterocycles. The molecule has 1 saturated carbocycles. The van der Waals surface area contributed by atoms with Crippen LogP contribution in [0.4, 0.5) is 0 Å². The minimum absolute atomic E-state index is 0.0544. The minimum Gasteiger partial charge on any atom is -0.410 e. The van der Waals surface area contributed by atoms with Gasteiger partial charge in [-0.05, 0) is 48.0 Å². The van der Waals surface area contributed by atoms with Gasteiger partial charge in [0.2, 0.25) is 0 Å². The number of hydrogen-bond donors (Lipinski definition) is 0. The summed E-state index contributed by atoms with van der Waals surface area (Å²) in [6.45, 7) is 18.2. The normalized spacial score (nSPS) is 21.7. The summed E-state index contributed by atoms with van der Waals surface area (Å²) in [5.41, 5.74) is 2.31. The summed E-state index contributed by atoms with van der Waals surface area (Å²) in [7, 11) is -4.67. The molecule has 2 aromatic rings. The fourth-order valence-corrected chi connectivity index (χ4v) is 7.91. The Morgan fingerprint density at radius 2 is 1.53 bits per heavy atom. The van der Waals surface area contributed by atoms with Gasteiger partial charge in [-0.2, -0.15) is 0 Å². The Morgan fingerprint density at radius 1 is 1.03 bits per heavy atom. The van der Waals surface area contributed by atoms with Gasteiger partial charge in [-0.25, -0.2) is 0 Å². The highest BCUT2D eigenvalue weighted by molar-refractivity contribution is 7.78. The van der Waals surface area contributed by atoms with Crippen molar-refractivity contribution < 1.29 is 8.99 Å². The van der Waals surface area contributed by atoms with Gasteiger partial charge in [0.25, 0.3) is 0 Å². The van der Waals surface area contributed by atoms with E-state index in [4.69, 9.17) is 4.43 Å². The first kappa shape index (κ1) is 25.0. The lowest BCUT2D eigenvalue weighted by Gasteiger charge is -2.42. The molecule has 172 valence electrons. The highest BCUT2D eigenvalue weighted by Gasteiger charge is 2.41. The van der Waals surface area contributed by atoms with Gasteiger partial charge in [-0.3, -0.25) is 0 Å². The third-order valence-electron chi connectivity index (χ3n) is 7.17. The zero-order valence-electron chi connectivity index (χ0n) is 20.6. The molecule has 2 nitrogen and oxygen atoms in total. The molecule has 1 aliphatic rings. The first-order chi connectivity index (χ1) is 14.9. The highest BCUT2D eigenvalue weighted by atomic mass is 31.2. The van der Waals surface area contributed by atoms with Crippen molar-refractivity contribution in [3.8, 4) is 0 Å². The lowest BCUT2D eigenvalue weighted by Crippen LogP contribution is -2.45. The van der Waals surface area contributed by atoms with E-state index in [9.17, 15) is 4.57 Å². The Kier molecular flexibility index (Phi) is 7.54. The lowest BCUT2D eigenvalue weighted by atomic mass is 9.82. The van der Waals surface area contributed by atoms with Crippen LogP contribution in [0, 0.1) is 5.92 Å². The van der Waals surface area contributed by atoms with Gasteiger partial charge in [-0.1, -0.05) is 101 Å². The van der Waals surface area contributed by atoms with E-state index in [1.807, 2.05) is 60.7 Å². The predicted octanol–water partition coefficient (Wildman–Crippen LogP) is 7.30. The molecule has 2 aromatic carbocycles. The molecule has 0 heterocycles. The molecule has 1 unspecified atom stereocenters. The maximum absolute atomic E-state index is 14.4. The fourth-order valence-electron chi connectivity index (χ4n) is 4.11. The third-order valence-corrected chi connectivity index (χ3v) is 14.6. The lowest BCUT2D eigenvalue weighted by molar-refractivity contribution is 0.174. The van der Waals surface area contributed by atoms with Crippen molar-refractivity contribution >= 4 is 26.1 Å². The van der Waals surface area contributed by atoms with E-state index >= 15 is 0 Å². The Labute approximate surface area is 196 Å². The van der Waals surface area contributed by atoms with Crippen molar-refractivity contribution in [3.05, 3.63) is 84.5 Å². The van der Waals surface area contributed by atoms with Gasteiger partial charge in [-0.15, -0.1) is 0 Å². The molecule has 0 N–H and O–H groups in total. The quantitative estimate of drug-likeness (QED) is 0.330. The largest absolute Gasteiger partial charge is 0.410 e. The molecule has 0 amide bonds. The first-order valence-corrected chi connectivity index (χ1v) is 16.5. The molecule has 0 radical (unpaired) electrons. The van der Waals surface area contributed by atoms with E-state index in [2.05, 4.69) is 53.4 Å². The molecule has 0 spiro atoms. The second-order valence-electron chi connectivity index (χ2n) is 10.8. The van der Waals surface area contributed by atoms with E-state index in [1.54, 1.807) is 0 Å². The minimum atomic E-state index is -2.77. The van der Waals surface area contributed by atoms with Crippen LogP contribution in [0.3, 0.4) is 0 Å². The van der Waals surface area contributed by atoms with Crippen molar-refractivity contribution in [2.45, 2.75) is 64.8 Å². The van der Waals surface area contributed by atoms with Gasteiger partial charge >= 0.3 is 0 Å². The molecule has 4 heteroatoms. The number of rotatable bonds is 6. The molecular formula is C28H39O2PSi. The maximum Gasteiger partial charge on any atom is 0.192 e. The van der Waals surface area contributed by atoms with Crippen molar-refractivity contribution in [2.75, 3.05) is 6.16 Å². The van der Waals surface area contributed by atoms with Crippen molar-refractivity contribution in [3.63, 3.8) is 0 Å². The summed E-state index contributed by atoms with van der Waals surface area (Å²) >= 11 is 0. The molecule has 0 aromatic heterocycles. The monoisotopic (exact) mass is 466 g/mol. The summed E-state index contributed by atoms with van der Waals surface area (Å²) in [4.78, 5) is 0. The van der Waals surface area contributed by atoms with Crippen molar-refractivity contribution in [2.24, 2.45) is 5.92 Å². The van der Waals surface area contributed by atoms with Gasteiger partial charge < -0.3 is 8.99 Å². The summed E-state index contributed by atoms with van der Waals surface area (Å²) in [5, 5.41) is 1.98. The summed E-state index contributed by atoms with van der Waals surface area (Å²) in [5.74, 6) is 0.523. The van der Waals surface area contributed by atoms with Crippen LogP contribution < -0.4 is 10.6 Å². The van der Waals surface area contributed by atoms with Gasteiger partial charge in [0.1, 0.15) is 7.14 Å². The van der Waals surface area contributed by atoms with Gasteiger partial charge in [0.15, 0.2) is 8.32 Å². The Morgan fingerprint density at radius 3 is 2.00 bits per heavy atom. The fraction of sp³-hybridized carbons (Fsp3) is 0.429. The van der Waals surface area contributed by atoms with Crippen LogP contribution in [0.2, 0.25) is 18.1 Å². The van der Waals surface area contributed by atoms with Crippen LogP contribution >= 0.6 is 7.14 Å². The Bertz CT molecular complexity index is 959. The van der Waals surface area contributed by atoms with E-state index in [1.165, 1.54) is 5.57 Å². The van der Waals surface area contributed by atoms with Crippen molar-refractivity contribution in [1.82, 2.24) is 0 Å². The molecular weight excluding hydrogens is 427 g/mol. The molecule has 0 saturated heterocycles. The number of hydrogen-bond acceptors (Lipinski definition) is 2. The molecule has 1 fully saturated rings. The van der Waals surface area contributed by atoms with Crippen LogP contribution in [-0.4, -0.2) is 20.6 Å². The van der Waals surface area contributed by atoms with Crippen LogP contribution in [0.15, 0.2) is 84.5 Å². The molecule has 2 atom stereocenters. The zero-order valence-corrected chi connectivity index (χ0v) is 22.5. The van der Waals surface area contributed by atoms with Crippen LogP contribution in [0.1, 0.15) is 40.5 Å². The molecule has 1 aliphatic carbocycles. The van der Waals surface area contributed by atoms with Crippen LogP contribution in [0.25, 0.3) is 0 Å². The standard InChI is InChI=1S/C28H39O2PSi/c1-22-20-24(23(2)27(21-22)30-32(6,7)28(3,4)5)18-19-31(29,25-14-10-8-11-15-25)26-16-12-9-13-17-26/h8-18,22,27H,2,19-21H2,1,3-7H3/b24-18-/t22-,27?/m0/s1. The van der Waals surface area contributed by atoms with Gasteiger partial charge in [0, 0.05) is 16.8 Å². The second kappa shape index (κ2) is 9.67. The summed E-state index contributed by atoms with van der Waals surface area (Å²) in [6.07, 6.45) is 4.74. The SMILES string of the molecule is C=C1/C(=C\CP(=O)(c2ccccc2)c2ccccc2)C[C@H](C)CC1O[Si](C)(C)C(C)(C)C. The Hall–Kier alpha value is -1.67. The molecule has 0 bridgehead atoms. The third kappa shape index (κ3) is 5.45. The van der Waals surface area contributed by atoms with Crippen LogP contribution in [-0.2, 0) is 8.99 Å². The first-order valence-electron chi connectivity index (χ1n) is 11.7. The van der Waals surface area contributed by atoms with E-state index in [0.29, 0.717) is 12.1 Å². The van der Waals surface area contributed by atoms with E-state index in [0.717, 1.165) is 29.0 Å². The summed E-state index contributed by atoms with van der Waals surface area (Å²) < 4.78 is 21.2. The second-order valence-corrected chi connectivity index (χ2v) is 18.4. The van der Waals surface area contributed by atoms with E-state index < -0.39 is 15.5 Å². The smallest absolute Gasteiger partial charge is 0.192 e. The van der Waals surface area contributed by atoms with Crippen LogP contribution in [0.5, 0.6) is 0 Å². The predicted molar refractivity (Wildman–Crippen MR) is 142 cm³/mol. The van der Waals surface area contributed by atoms with Gasteiger partial charge in [0.05, 0.1) is 6.10 Å². The Balaban J connectivity index is 1.91. The summed E-state index contributed by atoms with van der Waals surface area (Å²) in [6, 6.07) is 19.8. The molecule has 3 rings (SSSR count). The molecule has 32 heavy (non-hydrogen) atoms. The average Bonchev–Trinajstić information content (AvgIpc) is 2.75. The number of benzene rings is 2. The van der Waals surface area contributed by atoms with Crippen molar-refractivity contribution in [1.29, 1.82) is 0 Å². The van der Waals surface area contributed by atoms with E-state index in [-0.39, 0.29) is 11.1 Å². The number of allylic oxidation sites excluding steroid dienone is 1. The zero-order chi connectivity index (χ0) is 23.6. The average molecular weight is 467 g/mol. The maximum atomic E-state index is 14.4.